The minimum atomic E-state index is -6.54. The summed E-state index contributed by atoms with van der Waals surface area (Å²) in [5.41, 5.74) is -3.13. The number of esters is 2. The lowest BCUT2D eigenvalue weighted by Gasteiger charge is -2.29. The molecule has 0 saturated carbocycles. The molecular weight excluding hydrogens is 415 g/mol. The third-order valence-corrected chi connectivity index (χ3v) is 3.37. The number of hydrogen-bond donors (Lipinski definition) is 0. The van der Waals surface area contributed by atoms with Crippen LogP contribution in [0.1, 0.15) is 15.9 Å². The number of rotatable bonds is 8. The molecule has 0 aromatic heterocycles. The largest absolute Gasteiger partial charge is 0.460 e. The summed E-state index contributed by atoms with van der Waals surface area (Å²) in [5.74, 6) is -14.0. The fraction of sp³-hybridized carbons (Fsp3) is 0.353. The van der Waals surface area contributed by atoms with Gasteiger partial charge in [0.2, 0.25) is 0 Å². The molecule has 160 valence electrons. The van der Waals surface area contributed by atoms with Gasteiger partial charge in [-0.15, -0.1) is 0 Å². The Balaban J connectivity index is 3.07. The molecule has 1 rings (SSSR count). The van der Waals surface area contributed by atoms with E-state index < -0.39 is 53.4 Å². The number of halogens is 7. The van der Waals surface area contributed by atoms with Crippen molar-refractivity contribution in [3.05, 3.63) is 48.0 Å². The normalized spacial score (nSPS) is 13.0. The van der Waals surface area contributed by atoms with Crippen LogP contribution in [0, 0.1) is 0 Å². The van der Waals surface area contributed by atoms with Gasteiger partial charge in [0.15, 0.2) is 0 Å². The average molecular weight is 429 g/mol. The van der Waals surface area contributed by atoms with Gasteiger partial charge in [0.1, 0.15) is 18.9 Å². The van der Waals surface area contributed by atoms with Crippen LogP contribution in [-0.2, 0) is 14.3 Å². The maximum absolute atomic E-state index is 14.0. The van der Waals surface area contributed by atoms with Crippen LogP contribution in [0.3, 0.4) is 0 Å². The van der Waals surface area contributed by atoms with Crippen molar-refractivity contribution in [2.24, 2.45) is 4.99 Å². The Morgan fingerprint density at radius 3 is 2.10 bits per heavy atom. The minimum Gasteiger partial charge on any atom is -0.459 e. The number of aliphatic imine (C=N–C) groups is 1. The minimum absolute atomic E-state index is 0.353. The number of carbonyl (C=O) groups is 2. The van der Waals surface area contributed by atoms with Crippen molar-refractivity contribution >= 4 is 17.7 Å². The molecule has 0 heterocycles. The Bertz CT molecular complexity index is 803. The van der Waals surface area contributed by atoms with Crippen LogP contribution in [0.25, 0.3) is 0 Å². The number of hydrogen-bond acceptors (Lipinski definition) is 5. The summed E-state index contributed by atoms with van der Waals surface area (Å²) < 4.78 is 101. The van der Waals surface area contributed by atoms with Crippen LogP contribution in [0.4, 0.5) is 30.7 Å². The highest BCUT2D eigenvalue weighted by Gasteiger charge is 2.74. The van der Waals surface area contributed by atoms with E-state index in [2.05, 4.69) is 16.3 Å². The van der Waals surface area contributed by atoms with Crippen LogP contribution < -0.4 is 0 Å². The van der Waals surface area contributed by atoms with Gasteiger partial charge in [-0.3, -0.25) is 4.99 Å². The number of nitrogens with zero attached hydrogens (tertiary/aromatic N) is 1. The number of ether oxygens (including phenoxy) is 2. The summed E-state index contributed by atoms with van der Waals surface area (Å²) in [6.07, 6.45) is -5.68. The molecule has 0 bridgehead atoms. The summed E-state index contributed by atoms with van der Waals surface area (Å²) in [6.45, 7) is 2.35. The van der Waals surface area contributed by atoms with E-state index in [4.69, 9.17) is 4.74 Å². The molecule has 0 aliphatic rings. The second-order valence-corrected chi connectivity index (χ2v) is 5.31. The molecule has 5 nitrogen and oxygen atoms in total. The topological polar surface area (TPSA) is 65.0 Å². The van der Waals surface area contributed by atoms with Gasteiger partial charge in [-0.25, -0.2) is 9.59 Å². The van der Waals surface area contributed by atoms with Gasteiger partial charge >= 0.3 is 30.0 Å². The molecule has 0 atom stereocenters. The summed E-state index contributed by atoms with van der Waals surface area (Å²) in [4.78, 5) is 25.6. The molecule has 12 heteroatoms. The van der Waals surface area contributed by atoms with Gasteiger partial charge in [0.05, 0.1) is 5.56 Å². The molecule has 0 aliphatic carbocycles. The van der Waals surface area contributed by atoms with Crippen molar-refractivity contribution in [1.29, 1.82) is 0 Å². The second-order valence-electron chi connectivity index (χ2n) is 5.31. The molecule has 0 aliphatic heterocycles. The average Bonchev–Trinajstić information content (AvgIpc) is 2.64. The summed E-state index contributed by atoms with van der Waals surface area (Å²) in [6, 6.07) is 3.43. The molecule has 0 spiro atoms. The van der Waals surface area contributed by atoms with Gasteiger partial charge in [0.25, 0.3) is 0 Å². The van der Waals surface area contributed by atoms with E-state index in [1.54, 1.807) is 0 Å². The molecule has 1 aromatic carbocycles. The van der Waals surface area contributed by atoms with Gasteiger partial charge in [-0.1, -0.05) is 18.7 Å². The van der Waals surface area contributed by atoms with Crippen molar-refractivity contribution < 1.29 is 49.8 Å². The third-order valence-electron chi connectivity index (χ3n) is 3.37. The maximum atomic E-state index is 14.0. The van der Waals surface area contributed by atoms with Crippen LogP contribution in [0.15, 0.2) is 41.9 Å². The van der Waals surface area contributed by atoms with Crippen LogP contribution in [0.2, 0.25) is 0 Å². The highest BCUT2D eigenvalue weighted by atomic mass is 19.4. The fourth-order valence-electron chi connectivity index (χ4n) is 1.99. The second kappa shape index (κ2) is 9.05. The van der Waals surface area contributed by atoms with Crippen LogP contribution in [0.5, 0.6) is 0 Å². The number of alkyl halides is 7. The van der Waals surface area contributed by atoms with Crippen molar-refractivity contribution in [1.82, 2.24) is 0 Å². The molecule has 0 amide bonds. The first-order chi connectivity index (χ1) is 13.3. The first-order valence-electron chi connectivity index (χ1n) is 7.66. The molecule has 0 radical (unpaired) electrons. The van der Waals surface area contributed by atoms with Crippen molar-refractivity contribution in [2.45, 2.75) is 18.0 Å². The predicted octanol–water partition coefficient (Wildman–Crippen LogP) is 3.82. The Hall–Kier alpha value is -2.92. The van der Waals surface area contributed by atoms with Crippen LogP contribution in [-0.4, -0.2) is 55.9 Å². The molecule has 29 heavy (non-hydrogen) atoms. The number of carbonyl (C=O) groups excluding carboxylic acids is 2. The highest BCUT2D eigenvalue weighted by Crippen LogP contribution is 2.48. The van der Waals surface area contributed by atoms with E-state index in [-0.39, 0.29) is 6.61 Å². The lowest BCUT2D eigenvalue weighted by molar-refractivity contribution is -0.336. The van der Waals surface area contributed by atoms with Gasteiger partial charge in [-0.05, 0) is 12.1 Å². The smallest absolute Gasteiger partial charge is 0.459 e. The number of benzene rings is 1. The molecule has 0 unspecified atom stereocenters. The quantitative estimate of drug-likeness (QED) is 0.207. The summed E-state index contributed by atoms with van der Waals surface area (Å²) in [7, 11) is 0.606. The van der Waals surface area contributed by atoms with Gasteiger partial charge in [0, 0.05) is 18.7 Å². The van der Waals surface area contributed by atoms with Crippen LogP contribution >= 0.6 is 0 Å². The van der Waals surface area contributed by atoms with Crippen molar-refractivity contribution in [3.63, 3.8) is 0 Å². The Morgan fingerprint density at radius 2 is 1.59 bits per heavy atom. The van der Waals surface area contributed by atoms with Crippen molar-refractivity contribution in [3.8, 4) is 0 Å². The molecular formula is C17H14F7NO4. The lowest BCUT2D eigenvalue weighted by atomic mass is 9.97. The Labute approximate surface area is 159 Å². The van der Waals surface area contributed by atoms with E-state index in [1.807, 2.05) is 0 Å². The maximum Gasteiger partial charge on any atom is 0.460 e. The van der Waals surface area contributed by atoms with E-state index in [9.17, 15) is 40.3 Å². The van der Waals surface area contributed by atoms with E-state index >= 15 is 0 Å². The first-order valence-corrected chi connectivity index (χ1v) is 7.66. The molecule has 1 aromatic rings. The summed E-state index contributed by atoms with van der Waals surface area (Å²) in [5, 5.41) is 0. The van der Waals surface area contributed by atoms with E-state index in [0.717, 1.165) is 24.3 Å². The zero-order chi connectivity index (χ0) is 22.5. The lowest BCUT2D eigenvalue weighted by Crippen LogP contribution is -2.56. The SMILES string of the molecule is C=CC(=O)OCCOC(=O)c1cccc(/C(=N/C)C(F)(F)C(F)(F)C(F)(F)F)c1. The zero-order valence-corrected chi connectivity index (χ0v) is 14.7. The molecule has 0 N–H and O–H groups in total. The third kappa shape index (κ3) is 5.33. The standard InChI is InChI=1S/C17H14F7NO4/c1-3-12(26)28-7-8-29-14(27)11-6-4-5-10(9-11)13(25-2)15(18,19)16(20,21)17(22,23)24/h3-6,9H,1,7-8H2,2H3/b25-13-. The predicted molar refractivity (Wildman–Crippen MR) is 86.3 cm³/mol. The Kier molecular flexibility index (Phi) is 7.53. The molecule has 0 fully saturated rings. The monoisotopic (exact) mass is 429 g/mol. The fourth-order valence-corrected chi connectivity index (χ4v) is 1.99. The van der Waals surface area contributed by atoms with Gasteiger partial charge in [-0.2, -0.15) is 30.7 Å². The van der Waals surface area contributed by atoms with Crippen molar-refractivity contribution in [2.75, 3.05) is 20.3 Å². The highest BCUT2D eigenvalue weighted by molar-refractivity contribution is 6.07. The van der Waals surface area contributed by atoms with E-state index in [1.165, 1.54) is 0 Å². The van der Waals surface area contributed by atoms with Gasteiger partial charge < -0.3 is 9.47 Å². The van der Waals surface area contributed by atoms with E-state index in [0.29, 0.717) is 13.1 Å². The zero-order valence-electron chi connectivity index (χ0n) is 14.7. The molecule has 0 saturated heterocycles. The summed E-state index contributed by atoms with van der Waals surface area (Å²) >= 11 is 0. The Morgan fingerprint density at radius 1 is 1.03 bits per heavy atom. The first kappa shape index (κ1) is 24.1.